The van der Waals surface area contributed by atoms with Gasteiger partial charge in [0, 0.05) is 0 Å². The minimum absolute atomic E-state index is 0.0619. The van der Waals surface area contributed by atoms with E-state index in [-0.39, 0.29) is 23.2 Å². The van der Waals surface area contributed by atoms with Crippen LogP contribution >= 0.6 is 0 Å². The molecular formula is C20H24O5. The fourth-order valence-corrected chi connectivity index (χ4v) is 4.83. The molecule has 5 unspecified atom stereocenters. The Morgan fingerprint density at radius 1 is 1.20 bits per heavy atom. The number of carbonyl (C=O) groups excluding carboxylic acids is 1. The third kappa shape index (κ3) is 2.57. The number of hydrogen-bond donors (Lipinski definition) is 2. The third-order valence-electron chi connectivity index (χ3n) is 6.36. The summed E-state index contributed by atoms with van der Waals surface area (Å²) in [6.45, 7) is 3.96. The van der Waals surface area contributed by atoms with Crippen molar-refractivity contribution in [3.63, 3.8) is 0 Å². The molecule has 3 aliphatic rings. The summed E-state index contributed by atoms with van der Waals surface area (Å²) in [5.41, 5.74) is 1.68. The molecule has 1 fully saturated rings. The van der Waals surface area contributed by atoms with Crippen LogP contribution in [0.3, 0.4) is 0 Å². The largest absolute Gasteiger partial charge is 0.469 e. The molecule has 5 nitrogen and oxygen atoms in total. The highest BCUT2D eigenvalue weighted by Crippen LogP contribution is 2.55. The summed E-state index contributed by atoms with van der Waals surface area (Å²) in [5.74, 6) is 0.910. The van der Waals surface area contributed by atoms with Gasteiger partial charge in [-0.05, 0) is 56.1 Å². The Labute approximate surface area is 147 Å². The monoisotopic (exact) mass is 344 g/mol. The molecule has 1 aliphatic heterocycles. The molecule has 0 saturated heterocycles. The zero-order valence-corrected chi connectivity index (χ0v) is 14.6. The maximum Gasteiger partial charge on any atom is 0.314 e. The number of aliphatic hydroxyl groups excluding tert-OH is 2. The summed E-state index contributed by atoms with van der Waals surface area (Å²) in [5, 5.41) is 20.3. The number of allylic oxidation sites excluding steroid dienone is 2. The Morgan fingerprint density at radius 2 is 2.00 bits per heavy atom. The normalized spacial score (nSPS) is 38.0. The lowest BCUT2D eigenvalue weighted by atomic mass is 9.55. The van der Waals surface area contributed by atoms with Crippen LogP contribution in [0.25, 0.3) is 5.76 Å². The molecule has 2 N–H and O–H groups in total. The van der Waals surface area contributed by atoms with E-state index in [1.54, 1.807) is 6.26 Å². The highest BCUT2D eigenvalue weighted by Gasteiger charge is 2.51. The van der Waals surface area contributed by atoms with Gasteiger partial charge in [-0.25, -0.2) is 0 Å². The van der Waals surface area contributed by atoms with Crippen molar-refractivity contribution in [3.8, 4) is 0 Å². The van der Waals surface area contributed by atoms with E-state index >= 15 is 0 Å². The van der Waals surface area contributed by atoms with E-state index < -0.39 is 12.2 Å². The van der Waals surface area contributed by atoms with Crippen molar-refractivity contribution in [2.75, 3.05) is 0 Å². The van der Waals surface area contributed by atoms with Crippen LogP contribution < -0.4 is 0 Å². The van der Waals surface area contributed by atoms with Gasteiger partial charge in [0.25, 0.3) is 0 Å². The lowest BCUT2D eigenvalue weighted by molar-refractivity contribution is -0.146. The molecule has 2 heterocycles. The van der Waals surface area contributed by atoms with E-state index in [0.29, 0.717) is 31.4 Å². The molecule has 5 atom stereocenters. The van der Waals surface area contributed by atoms with E-state index in [4.69, 9.17) is 9.15 Å². The van der Waals surface area contributed by atoms with Crippen molar-refractivity contribution in [1.82, 2.24) is 0 Å². The van der Waals surface area contributed by atoms with Gasteiger partial charge in [0.2, 0.25) is 0 Å². The molecule has 4 rings (SSSR count). The van der Waals surface area contributed by atoms with E-state index in [1.807, 2.05) is 19.1 Å². The summed E-state index contributed by atoms with van der Waals surface area (Å²) in [6.07, 6.45) is 6.47. The summed E-state index contributed by atoms with van der Waals surface area (Å²) in [7, 11) is 0. The van der Waals surface area contributed by atoms with Crippen LogP contribution in [0.2, 0.25) is 0 Å². The molecule has 0 radical (unpaired) electrons. The first kappa shape index (κ1) is 16.6. The standard InChI is InChI=1S/C20H24O5/c1-11-13(7-8-24-11)18-6-5-15-14(19(23)25-18)4-3-12-9-16(21)17(22)10-20(12,15)2/h3,6-8,14-17,21-22H,4-5,9-10H2,1-2H3. The smallest absolute Gasteiger partial charge is 0.314 e. The fourth-order valence-electron chi connectivity index (χ4n) is 4.83. The Morgan fingerprint density at radius 3 is 2.72 bits per heavy atom. The number of ether oxygens (including phenoxy) is 1. The number of fused-ring (bicyclic) bond motifs is 3. The lowest BCUT2D eigenvalue weighted by Crippen LogP contribution is -2.48. The maximum atomic E-state index is 12.8. The molecule has 25 heavy (non-hydrogen) atoms. The molecular weight excluding hydrogens is 320 g/mol. The van der Waals surface area contributed by atoms with Crippen molar-refractivity contribution >= 4 is 11.7 Å². The quantitative estimate of drug-likeness (QED) is 0.605. The predicted octanol–water partition coefficient (Wildman–Crippen LogP) is 2.96. The Balaban J connectivity index is 1.70. The van der Waals surface area contributed by atoms with Gasteiger partial charge in [-0.2, -0.15) is 0 Å². The molecule has 134 valence electrons. The minimum Gasteiger partial charge on any atom is -0.469 e. The predicted molar refractivity (Wildman–Crippen MR) is 91.2 cm³/mol. The highest BCUT2D eigenvalue weighted by molar-refractivity contribution is 5.82. The van der Waals surface area contributed by atoms with E-state index in [1.165, 1.54) is 0 Å². The molecule has 1 aromatic rings. The molecule has 0 bridgehead atoms. The topological polar surface area (TPSA) is 79.9 Å². The first-order valence-corrected chi connectivity index (χ1v) is 8.92. The molecule has 1 saturated carbocycles. The molecule has 1 aromatic heterocycles. The van der Waals surface area contributed by atoms with E-state index in [9.17, 15) is 15.0 Å². The van der Waals surface area contributed by atoms with Crippen LogP contribution in [0.5, 0.6) is 0 Å². The SMILES string of the molecule is Cc1occc1C1=CCC2C(CC=C3CC(O)C(O)CC32C)C(=O)O1. The third-order valence-corrected chi connectivity index (χ3v) is 6.36. The van der Waals surface area contributed by atoms with Crippen LogP contribution in [-0.2, 0) is 9.53 Å². The molecule has 0 spiro atoms. The number of furan rings is 1. The van der Waals surface area contributed by atoms with Crippen molar-refractivity contribution in [2.24, 2.45) is 17.3 Å². The zero-order valence-electron chi connectivity index (χ0n) is 14.6. The number of esters is 1. The molecule has 2 aliphatic carbocycles. The minimum atomic E-state index is -0.750. The molecule has 0 amide bonds. The number of aryl methyl sites for hydroxylation is 1. The number of rotatable bonds is 1. The number of carbonyl (C=O) groups is 1. The van der Waals surface area contributed by atoms with Gasteiger partial charge in [0.05, 0.1) is 30.0 Å². The number of hydrogen-bond acceptors (Lipinski definition) is 5. The average molecular weight is 344 g/mol. The van der Waals surface area contributed by atoms with Gasteiger partial charge in [-0.1, -0.05) is 18.6 Å². The van der Waals surface area contributed by atoms with Gasteiger partial charge < -0.3 is 19.4 Å². The van der Waals surface area contributed by atoms with Gasteiger partial charge in [0.1, 0.15) is 11.5 Å². The van der Waals surface area contributed by atoms with Gasteiger partial charge in [0.15, 0.2) is 0 Å². The average Bonchev–Trinajstić information content (AvgIpc) is 2.90. The summed E-state index contributed by atoms with van der Waals surface area (Å²) in [4.78, 5) is 12.8. The van der Waals surface area contributed by atoms with E-state index in [2.05, 4.69) is 13.0 Å². The maximum absolute atomic E-state index is 12.8. The van der Waals surface area contributed by atoms with Crippen molar-refractivity contribution in [2.45, 2.75) is 51.7 Å². The second-order valence-corrected chi connectivity index (χ2v) is 7.75. The summed E-state index contributed by atoms with van der Waals surface area (Å²) >= 11 is 0. The van der Waals surface area contributed by atoms with Gasteiger partial charge >= 0.3 is 5.97 Å². The zero-order chi connectivity index (χ0) is 17.8. The summed E-state index contributed by atoms with van der Waals surface area (Å²) in [6, 6.07) is 1.82. The van der Waals surface area contributed by atoms with Crippen LogP contribution in [0.15, 0.2) is 34.5 Å². The van der Waals surface area contributed by atoms with Crippen LogP contribution in [0.4, 0.5) is 0 Å². The van der Waals surface area contributed by atoms with Crippen molar-refractivity contribution in [1.29, 1.82) is 0 Å². The Bertz CT molecular complexity index is 758. The number of cyclic esters (lactones) is 1. The van der Waals surface area contributed by atoms with Crippen molar-refractivity contribution in [3.05, 3.63) is 41.4 Å². The number of aliphatic hydroxyl groups is 2. The fraction of sp³-hybridized carbons (Fsp3) is 0.550. The van der Waals surface area contributed by atoms with Crippen LogP contribution in [0.1, 0.15) is 43.9 Å². The highest BCUT2D eigenvalue weighted by atomic mass is 16.5. The van der Waals surface area contributed by atoms with Gasteiger partial charge in [-0.3, -0.25) is 4.79 Å². The second-order valence-electron chi connectivity index (χ2n) is 7.75. The summed E-state index contributed by atoms with van der Waals surface area (Å²) < 4.78 is 11.0. The Kier molecular flexibility index (Phi) is 3.89. The van der Waals surface area contributed by atoms with Crippen molar-refractivity contribution < 1.29 is 24.2 Å². The van der Waals surface area contributed by atoms with Crippen LogP contribution in [-0.4, -0.2) is 28.4 Å². The Hall–Kier alpha value is -1.85. The van der Waals surface area contributed by atoms with Gasteiger partial charge in [-0.15, -0.1) is 0 Å². The first-order valence-electron chi connectivity index (χ1n) is 8.92. The molecule has 5 heteroatoms. The molecule has 0 aromatic carbocycles. The first-order chi connectivity index (χ1) is 11.9. The lowest BCUT2D eigenvalue weighted by Gasteiger charge is -2.50. The second kappa shape index (κ2) is 5.85. The van der Waals surface area contributed by atoms with E-state index in [0.717, 1.165) is 16.9 Å². The van der Waals surface area contributed by atoms with Crippen LogP contribution in [0, 0.1) is 24.2 Å².